The fraction of sp³-hybridized carbons (Fsp3) is 0.0909. The topological polar surface area (TPSA) is 9.23 Å². The Morgan fingerprint density at radius 2 is 0.957 bits per heavy atom. The molecule has 0 N–H and O–H groups in total. The van der Waals surface area contributed by atoms with Gasteiger partial charge < -0.3 is 4.74 Å². The lowest BCUT2D eigenvalue weighted by Crippen LogP contribution is -2.15. The third kappa shape index (κ3) is 2.13. The monoisotopic (exact) mass is 298 g/mol. The second-order valence-electron chi connectivity index (χ2n) is 5.73. The van der Waals surface area contributed by atoms with Crippen LogP contribution >= 0.6 is 0 Å². The third-order valence-corrected chi connectivity index (χ3v) is 4.50. The van der Waals surface area contributed by atoms with E-state index in [1.54, 1.807) is 7.11 Å². The first kappa shape index (κ1) is 14.0. The maximum absolute atomic E-state index is 6.09. The lowest BCUT2D eigenvalue weighted by molar-refractivity contribution is 0.114. The number of ether oxygens (including phenoxy) is 1. The van der Waals surface area contributed by atoms with Gasteiger partial charge in [0.15, 0.2) is 0 Å². The van der Waals surface area contributed by atoms with Gasteiger partial charge in [-0.25, -0.2) is 0 Å². The van der Waals surface area contributed by atoms with Crippen LogP contribution in [0, 0.1) is 0 Å². The predicted octanol–water partition coefficient (Wildman–Crippen LogP) is 5.15. The van der Waals surface area contributed by atoms with Crippen LogP contribution in [0.5, 0.6) is 0 Å². The Hall–Kier alpha value is -2.64. The van der Waals surface area contributed by atoms with Crippen molar-refractivity contribution in [3.8, 4) is 0 Å². The molecule has 4 rings (SSSR count). The summed E-state index contributed by atoms with van der Waals surface area (Å²) in [5.74, 6) is 0. The molecule has 1 aliphatic carbocycles. The second kappa shape index (κ2) is 5.53. The van der Waals surface area contributed by atoms with Crippen LogP contribution in [-0.4, -0.2) is 7.11 Å². The Bertz CT molecular complexity index is 783. The SMILES string of the molecule is COC1(c2ccccc2)C(c2ccccc2)=C1c1ccccc1. The molecule has 0 unspecified atom stereocenters. The minimum atomic E-state index is -0.441. The van der Waals surface area contributed by atoms with Gasteiger partial charge in [-0.1, -0.05) is 91.0 Å². The quantitative estimate of drug-likeness (QED) is 0.647. The molecule has 0 aliphatic heterocycles. The summed E-state index contributed by atoms with van der Waals surface area (Å²) in [6.45, 7) is 0. The molecule has 3 aromatic rings. The number of rotatable bonds is 4. The second-order valence-corrected chi connectivity index (χ2v) is 5.73. The summed E-state index contributed by atoms with van der Waals surface area (Å²) < 4.78 is 6.09. The number of hydrogen-bond donors (Lipinski definition) is 0. The lowest BCUT2D eigenvalue weighted by atomic mass is 9.96. The van der Waals surface area contributed by atoms with Crippen molar-refractivity contribution < 1.29 is 4.74 Å². The summed E-state index contributed by atoms with van der Waals surface area (Å²) in [7, 11) is 1.80. The molecule has 0 amide bonds. The number of hydrogen-bond acceptors (Lipinski definition) is 1. The Morgan fingerprint density at radius 1 is 0.565 bits per heavy atom. The molecule has 23 heavy (non-hydrogen) atoms. The van der Waals surface area contributed by atoms with E-state index in [9.17, 15) is 0 Å². The smallest absolute Gasteiger partial charge is 0.145 e. The van der Waals surface area contributed by atoms with E-state index in [0.29, 0.717) is 0 Å². The number of benzene rings is 3. The van der Waals surface area contributed by atoms with E-state index in [1.807, 2.05) is 18.2 Å². The highest BCUT2D eigenvalue weighted by Gasteiger charge is 2.56. The summed E-state index contributed by atoms with van der Waals surface area (Å²) in [6, 6.07) is 31.5. The van der Waals surface area contributed by atoms with Gasteiger partial charge in [0.05, 0.1) is 0 Å². The lowest BCUT2D eigenvalue weighted by Gasteiger charge is -2.20. The van der Waals surface area contributed by atoms with Gasteiger partial charge in [-0.3, -0.25) is 0 Å². The maximum Gasteiger partial charge on any atom is 0.145 e. The molecule has 0 atom stereocenters. The van der Waals surface area contributed by atoms with E-state index in [2.05, 4.69) is 72.8 Å². The van der Waals surface area contributed by atoms with Crippen LogP contribution < -0.4 is 0 Å². The van der Waals surface area contributed by atoms with Gasteiger partial charge in [0, 0.05) is 18.3 Å². The Labute approximate surface area is 136 Å². The molecule has 112 valence electrons. The summed E-state index contributed by atoms with van der Waals surface area (Å²) in [5, 5.41) is 0. The maximum atomic E-state index is 6.09. The molecule has 0 aromatic heterocycles. The van der Waals surface area contributed by atoms with Crippen LogP contribution in [0.3, 0.4) is 0 Å². The molecule has 0 spiro atoms. The molecule has 1 aliphatic rings. The Morgan fingerprint density at radius 3 is 1.35 bits per heavy atom. The molecule has 0 bridgehead atoms. The highest BCUT2D eigenvalue weighted by Crippen LogP contribution is 2.64. The van der Waals surface area contributed by atoms with Crippen LogP contribution in [0.15, 0.2) is 91.0 Å². The van der Waals surface area contributed by atoms with Gasteiger partial charge in [-0.15, -0.1) is 0 Å². The van der Waals surface area contributed by atoms with Crippen molar-refractivity contribution in [1.82, 2.24) is 0 Å². The van der Waals surface area contributed by atoms with Crippen LogP contribution in [0.4, 0.5) is 0 Å². The normalized spacial score (nSPS) is 15.5. The molecule has 1 nitrogen and oxygen atoms in total. The molecule has 0 saturated carbocycles. The van der Waals surface area contributed by atoms with E-state index in [-0.39, 0.29) is 0 Å². The van der Waals surface area contributed by atoms with Crippen molar-refractivity contribution in [2.24, 2.45) is 0 Å². The van der Waals surface area contributed by atoms with Gasteiger partial charge >= 0.3 is 0 Å². The first-order chi connectivity index (χ1) is 11.4. The zero-order chi connectivity index (χ0) is 15.7. The largest absolute Gasteiger partial charge is 0.364 e. The molecule has 3 aromatic carbocycles. The van der Waals surface area contributed by atoms with Crippen LogP contribution in [0.2, 0.25) is 0 Å². The zero-order valence-electron chi connectivity index (χ0n) is 13.1. The van der Waals surface area contributed by atoms with E-state index < -0.39 is 5.60 Å². The van der Waals surface area contributed by atoms with Crippen molar-refractivity contribution in [3.05, 3.63) is 108 Å². The minimum Gasteiger partial charge on any atom is -0.364 e. The molecule has 0 radical (unpaired) electrons. The third-order valence-electron chi connectivity index (χ3n) is 4.50. The van der Waals surface area contributed by atoms with Gasteiger partial charge in [0.2, 0.25) is 0 Å². The molecule has 0 heterocycles. The minimum absolute atomic E-state index is 0.441. The molecule has 0 saturated heterocycles. The molecular weight excluding hydrogens is 280 g/mol. The van der Waals surface area contributed by atoms with E-state index in [4.69, 9.17) is 4.74 Å². The fourth-order valence-corrected chi connectivity index (χ4v) is 3.45. The highest BCUT2D eigenvalue weighted by molar-refractivity contribution is 6.17. The Balaban J connectivity index is 1.91. The van der Waals surface area contributed by atoms with Crippen LogP contribution in [0.25, 0.3) is 11.1 Å². The van der Waals surface area contributed by atoms with Gasteiger partial charge in [0.25, 0.3) is 0 Å². The average molecular weight is 298 g/mol. The summed E-state index contributed by atoms with van der Waals surface area (Å²) >= 11 is 0. The number of methoxy groups -OCH3 is 1. The molecule has 0 fully saturated rings. The van der Waals surface area contributed by atoms with E-state index >= 15 is 0 Å². The van der Waals surface area contributed by atoms with E-state index in [1.165, 1.54) is 27.8 Å². The highest BCUT2D eigenvalue weighted by atomic mass is 16.5. The van der Waals surface area contributed by atoms with E-state index in [0.717, 1.165) is 0 Å². The van der Waals surface area contributed by atoms with Gasteiger partial charge in [0.1, 0.15) is 5.60 Å². The van der Waals surface area contributed by atoms with Crippen molar-refractivity contribution in [3.63, 3.8) is 0 Å². The van der Waals surface area contributed by atoms with Crippen molar-refractivity contribution in [1.29, 1.82) is 0 Å². The van der Waals surface area contributed by atoms with Crippen LogP contribution in [0.1, 0.15) is 16.7 Å². The van der Waals surface area contributed by atoms with Crippen molar-refractivity contribution >= 4 is 11.1 Å². The molecule has 1 heteroatoms. The summed E-state index contributed by atoms with van der Waals surface area (Å²) in [6.07, 6.45) is 0. The summed E-state index contributed by atoms with van der Waals surface area (Å²) in [5.41, 5.74) is 5.70. The van der Waals surface area contributed by atoms with Gasteiger partial charge in [-0.2, -0.15) is 0 Å². The van der Waals surface area contributed by atoms with Crippen LogP contribution in [-0.2, 0) is 10.3 Å². The summed E-state index contributed by atoms with van der Waals surface area (Å²) in [4.78, 5) is 0. The fourth-order valence-electron chi connectivity index (χ4n) is 3.45. The van der Waals surface area contributed by atoms with Gasteiger partial charge in [-0.05, 0) is 16.7 Å². The first-order valence-corrected chi connectivity index (χ1v) is 7.84. The zero-order valence-corrected chi connectivity index (χ0v) is 13.1. The van der Waals surface area contributed by atoms with Crippen molar-refractivity contribution in [2.45, 2.75) is 5.60 Å². The standard InChI is InChI=1S/C22H18O/c1-23-22(19-15-9-4-10-16-19)20(17-11-5-2-6-12-17)21(22)18-13-7-3-8-14-18/h2-16H,1H3. The van der Waals surface area contributed by atoms with Crippen molar-refractivity contribution in [2.75, 3.05) is 7.11 Å². The molecular formula is C22H18O. The predicted molar refractivity (Wildman–Crippen MR) is 94.8 cm³/mol. The Kier molecular flexibility index (Phi) is 3.36. The first-order valence-electron chi connectivity index (χ1n) is 7.84. The average Bonchev–Trinajstić information content (AvgIpc) is 3.34.